The minimum absolute atomic E-state index is 0.299. The van der Waals surface area contributed by atoms with Crippen molar-refractivity contribution in [3.63, 3.8) is 0 Å². The zero-order valence-electron chi connectivity index (χ0n) is 12.2. The van der Waals surface area contributed by atoms with E-state index >= 15 is 0 Å². The van der Waals surface area contributed by atoms with Gasteiger partial charge in [0, 0.05) is 17.1 Å². The zero-order chi connectivity index (χ0) is 15.4. The van der Waals surface area contributed by atoms with E-state index in [-0.39, 0.29) is 0 Å². The summed E-state index contributed by atoms with van der Waals surface area (Å²) in [5, 5.41) is 0.714. The van der Waals surface area contributed by atoms with Gasteiger partial charge in [-0.3, -0.25) is 10.2 Å². The third kappa shape index (κ3) is 3.77. The molecule has 0 saturated heterocycles. The lowest BCUT2D eigenvalue weighted by Crippen LogP contribution is -2.30. The number of thioether (sulfide) groups is 1. The van der Waals surface area contributed by atoms with Gasteiger partial charge in [0.05, 0.1) is 5.69 Å². The van der Waals surface area contributed by atoms with Crippen LogP contribution in [0, 0.1) is 20.8 Å². The molecule has 6 nitrogen and oxygen atoms in total. The molecule has 3 N–H and O–H groups in total. The fraction of sp³-hybridized carbons (Fsp3) is 0.286. The van der Waals surface area contributed by atoms with Gasteiger partial charge in [0.2, 0.25) is 0 Å². The molecule has 0 atom stereocenters. The maximum absolute atomic E-state index is 11.4. The van der Waals surface area contributed by atoms with Crippen LogP contribution in [0.1, 0.15) is 33.1 Å². The van der Waals surface area contributed by atoms with E-state index < -0.39 is 5.91 Å². The molecule has 7 heteroatoms. The molecule has 0 spiro atoms. The first-order valence-corrected chi connectivity index (χ1v) is 7.41. The molecule has 0 radical (unpaired) electrons. The first-order valence-electron chi connectivity index (χ1n) is 6.42. The van der Waals surface area contributed by atoms with Crippen molar-refractivity contribution in [2.45, 2.75) is 31.7 Å². The highest BCUT2D eigenvalue weighted by molar-refractivity contribution is 7.98. The molecule has 21 heavy (non-hydrogen) atoms. The van der Waals surface area contributed by atoms with Crippen molar-refractivity contribution in [2.75, 3.05) is 0 Å². The number of nitrogens with one attached hydrogen (secondary N) is 1. The van der Waals surface area contributed by atoms with Gasteiger partial charge < -0.3 is 0 Å². The minimum atomic E-state index is -0.403. The Bertz CT molecular complexity index is 651. The molecule has 2 rings (SSSR count). The molecular formula is C14H17N5OS. The molecule has 0 aliphatic heterocycles. The van der Waals surface area contributed by atoms with Gasteiger partial charge in [-0.1, -0.05) is 17.8 Å². The Labute approximate surface area is 127 Å². The third-order valence-electron chi connectivity index (χ3n) is 3.13. The smallest absolute Gasteiger partial charge is 0.283 e. The number of aryl methyl sites for hydroxylation is 2. The number of nitrogen functional groups attached to an aromatic ring is 1. The number of pyridine rings is 1. The number of nitrogens with zero attached hydrogens (tertiary/aromatic N) is 3. The summed E-state index contributed by atoms with van der Waals surface area (Å²) in [6, 6.07) is 5.25. The first kappa shape index (κ1) is 15.4. The van der Waals surface area contributed by atoms with Crippen LogP contribution in [0.15, 0.2) is 23.4 Å². The van der Waals surface area contributed by atoms with Crippen LogP contribution in [0.3, 0.4) is 0 Å². The molecule has 2 aromatic heterocycles. The molecule has 0 aromatic carbocycles. The van der Waals surface area contributed by atoms with Crippen molar-refractivity contribution >= 4 is 17.7 Å². The second-order valence-corrected chi connectivity index (χ2v) is 5.52. The Hall–Kier alpha value is -1.99. The maximum Gasteiger partial charge on any atom is 0.283 e. The molecule has 1 amide bonds. The summed E-state index contributed by atoms with van der Waals surface area (Å²) in [6.07, 6.45) is 0. The molecule has 2 heterocycles. The highest BCUT2D eigenvalue weighted by Gasteiger charge is 2.08. The number of carbonyl (C=O) groups is 1. The molecule has 0 unspecified atom stereocenters. The quantitative estimate of drug-likeness (QED) is 0.293. The lowest BCUT2D eigenvalue weighted by Gasteiger charge is -2.07. The Morgan fingerprint density at radius 1 is 1.19 bits per heavy atom. The average molecular weight is 303 g/mol. The second kappa shape index (κ2) is 6.64. The molecular weight excluding hydrogens is 286 g/mol. The van der Waals surface area contributed by atoms with E-state index in [2.05, 4.69) is 20.4 Å². The van der Waals surface area contributed by atoms with E-state index in [1.54, 1.807) is 12.1 Å². The van der Waals surface area contributed by atoms with Crippen LogP contribution in [-0.2, 0) is 5.75 Å². The maximum atomic E-state index is 11.4. The van der Waals surface area contributed by atoms with Gasteiger partial charge in [-0.05, 0) is 38.5 Å². The minimum Gasteiger partial charge on any atom is -0.289 e. The fourth-order valence-electron chi connectivity index (χ4n) is 1.70. The summed E-state index contributed by atoms with van der Waals surface area (Å²) in [5.74, 6) is 5.29. The van der Waals surface area contributed by atoms with Crippen molar-refractivity contribution in [1.29, 1.82) is 0 Å². The summed E-state index contributed by atoms with van der Waals surface area (Å²) in [6.45, 7) is 5.95. The van der Waals surface area contributed by atoms with Crippen LogP contribution >= 0.6 is 11.8 Å². The van der Waals surface area contributed by atoms with E-state index in [1.165, 1.54) is 11.8 Å². The Kier molecular flexibility index (Phi) is 4.87. The van der Waals surface area contributed by atoms with Gasteiger partial charge in [-0.2, -0.15) is 0 Å². The molecule has 0 saturated carbocycles. The summed E-state index contributed by atoms with van der Waals surface area (Å²) in [7, 11) is 0. The molecule has 0 bridgehead atoms. The first-order chi connectivity index (χ1) is 10.0. The monoisotopic (exact) mass is 303 g/mol. The Morgan fingerprint density at radius 2 is 1.86 bits per heavy atom. The van der Waals surface area contributed by atoms with Crippen LogP contribution in [-0.4, -0.2) is 20.9 Å². The molecule has 110 valence electrons. The lowest BCUT2D eigenvalue weighted by molar-refractivity contribution is 0.0948. The topological polar surface area (TPSA) is 93.8 Å². The number of hydrazine groups is 1. The van der Waals surface area contributed by atoms with Gasteiger partial charge in [0.25, 0.3) is 5.91 Å². The SMILES string of the molecule is Cc1nc(SCc2cccc(C(=O)NN)n2)nc(C)c1C. The van der Waals surface area contributed by atoms with Gasteiger partial charge in [0.1, 0.15) is 5.69 Å². The highest BCUT2D eigenvalue weighted by atomic mass is 32.2. The highest BCUT2D eigenvalue weighted by Crippen LogP contribution is 2.20. The van der Waals surface area contributed by atoms with E-state index in [0.717, 1.165) is 22.6 Å². The Balaban J connectivity index is 2.11. The molecule has 2 aromatic rings. The van der Waals surface area contributed by atoms with Gasteiger partial charge in [-0.15, -0.1) is 0 Å². The summed E-state index contributed by atoms with van der Waals surface area (Å²) < 4.78 is 0. The largest absolute Gasteiger partial charge is 0.289 e. The van der Waals surface area contributed by atoms with Crippen molar-refractivity contribution < 1.29 is 4.79 Å². The number of amides is 1. The van der Waals surface area contributed by atoms with Crippen LogP contribution < -0.4 is 11.3 Å². The van der Waals surface area contributed by atoms with Crippen molar-refractivity contribution in [1.82, 2.24) is 20.4 Å². The summed E-state index contributed by atoms with van der Waals surface area (Å²) >= 11 is 1.49. The predicted octanol–water partition coefficient (Wildman–Crippen LogP) is 1.69. The number of rotatable bonds is 4. The van der Waals surface area contributed by atoms with Gasteiger partial charge >= 0.3 is 0 Å². The van der Waals surface area contributed by atoms with E-state index in [1.807, 2.05) is 26.8 Å². The van der Waals surface area contributed by atoms with Crippen molar-refractivity contribution in [3.05, 3.63) is 46.5 Å². The second-order valence-electron chi connectivity index (χ2n) is 4.58. The fourth-order valence-corrected chi connectivity index (χ4v) is 2.55. The van der Waals surface area contributed by atoms with Crippen molar-refractivity contribution in [3.8, 4) is 0 Å². The van der Waals surface area contributed by atoms with E-state index in [9.17, 15) is 4.79 Å². The number of carbonyl (C=O) groups excluding carboxylic acids is 1. The predicted molar refractivity (Wildman–Crippen MR) is 81.7 cm³/mol. The van der Waals surface area contributed by atoms with Crippen LogP contribution in [0.4, 0.5) is 0 Å². The number of hydrogen-bond donors (Lipinski definition) is 2. The molecule has 0 aliphatic carbocycles. The number of nitrogens with two attached hydrogens (primary N) is 1. The summed E-state index contributed by atoms with van der Waals surface area (Å²) in [4.78, 5) is 24.6. The number of hydrogen-bond acceptors (Lipinski definition) is 6. The normalized spacial score (nSPS) is 10.5. The van der Waals surface area contributed by atoms with E-state index in [0.29, 0.717) is 16.6 Å². The molecule has 0 aliphatic rings. The standard InChI is InChI=1S/C14H17N5OS/c1-8-9(2)16-14(17-10(8)3)21-7-11-5-4-6-12(18-11)13(20)19-15/h4-6H,7,15H2,1-3H3,(H,19,20). The van der Waals surface area contributed by atoms with Crippen LogP contribution in [0.25, 0.3) is 0 Å². The molecule has 0 fully saturated rings. The van der Waals surface area contributed by atoms with Crippen LogP contribution in [0.5, 0.6) is 0 Å². The zero-order valence-corrected chi connectivity index (χ0v) is 13.0. The lowest BCUT2D eigenvalue weighted by atomic mass is 10.2. The van der Waals surface area contributed by atoms with Gasteiger partial charge in [-0.25, -0.2) is 20.8 Å². The van der Waals surface area contributed by atoms with E-state index in [4.69, 9.17) is 5.84 Å². The average Bonchev–Trinajstić information content (AvgIpc) is 2.50. The third-order valence-corrected chi connectivity index (χ3v) is 4.01. The summed E-state index contributed by atoms with van der Waals surface area (Å²) in [5.41, 5.74) is 6.22. The van der Waals surface area contributed by atoms with Crippen molar-refractivity contribution in [2.24, 2.45) is 5.84 Å². The van der Waals surface area contributed by atoms with Crippen LogP contribution in [0.2, 0.25) is 0 Å². The number of aromatic nitrogens is 3. The van der Waals surface area contributed by atoms with Gasteiger partial charge in [0.15, 0.2) is 5.16 Å². The Morgan fingerprint density at radius 3 is 2.48 bits per heavy atom.